The van der Waals surface area contributed by atoms with Gasteiger partial charge in [0, 0.05) is 24.0 Å². The number of H-pyrrole nitrogens is 1. The van der Waals surface area contributed by atoms with Crippen LogP contribution in [0, 0.1) is 5.82 Å². The van der Waals surface area contributed by atoms with Gasteiger partial charge in [0.1, 0.15) is 11.6 Å². The van der Waals surface area contributed by atoms with E-state index in [1.54, 1.807) is 37.3 Å². The monoisotopic (exact) mass is 467 g/mol. The molecule has 0 spiro atoms. The van der Waals surface area contributed by atoms with E-state index in [9.17, 15) is 17.6 Å². The van der Waals surface area contributed by atoms with E-state index in [0.29, 0.717) is 46.8 Å². The molecule has 8 nitrogen and oxygen atoms in total. The molecule has 0 atom stereocenters. The van der Waals surface area contributed by atoms with E-state index in [1.165, 1.54) is 18.3 Å². The molecule has 1 amide bonds. The molecule has 0 aliphatic rings. The molecule has 170 valence electrons. The zero-order valence-corrected chi connectivity index (χ0v) is 18.6. The zero-order chi connectivity index (χ0) is 23.4. The predicted molar refractivity (Wildman–Crippen MR) is 125 cm³/mol. The molecule has 0 bridgehead atoms. The first-order valence-corrected chi connectivity index (χ1v) is 12.0. The van der Waals surface area contributed by atoms with Gasteiger partial charge in [-0.2, -0.15) is 0 Å². The highest BCUT2D eigenvalue weighted by molar-refractivity contribution is 7.92. The number of aromatic amines is 1. The Morgan fingerprint density at radius 3 is 2.48 bits per heavy atom. The molecule has 33 heavy (non-hydrogen) atoms. The van der Waals surface area contributed by atoms with Crippen LogP contribution in [-0.4, -0.2) is 41.6 Å². The predicted octanol–water partition coefficient (Wildman–Crippen LogP) is 3.50. The van der Waals surface area contributed by atoms with Crippen molar-refractivity contribution in [1.82, 2.24) is 20.3 Å². The van der Waals surface area contributed by atoms with Gasteiger partial charge in [-0.25, -0.2) is 22.8 Å². The van der Waals surface area contributed by atoms with Gasteiger partial charge in [0.05, 0.1) is 16.8 Å². The number of aromatic nitrogens is 3. The number of hydrogen-bond donors (Lipinski definition) is 3. The minimum Gasteiger partial charge on any atom is -0.352 e. The normalized spacial score (nSPS) is 11.5. The number of pyridine rings is 1. The van der Waals surface area contributed by atoms with E-state index in [2.05, 4.69) is 25.0 Å². The van der Waals surface area contributed by atoms with Crippen LogP contribution >= 0.6 is 0 Å². The first kappa shape index (κ1) is 22.4. The lowest BCUT2D eigenvalue weighted by Gasteiger charge is -2.08. The molecule has 0 aliphatic carbocycles. The van der Waals surface area contributed by atoms with Gasteiger partial charge in [0.2, 0.25) is 10.0 Å². The average molecular weight is 468 g/mol. The molecule has 0 saturated heterocycles. The number of imidazole rings is 1. The van der Waals surface area contributed by atoms with Crippen molar-refractivity contribution in [2.45, 2.75) is 13.3 Å². The second-order valence-electron chi connectivity index (χ2n) is 7.36. The van der Waals surface area contributed by atoms with Gasteiger partial charge in [-0.3, -0.25) is 9.52 Å². The maximum absolute atomic E-state index is 13.2. The Labute approximate surface area is 190 Å². The largest absolute Gasteiger partial charge is 0.352 e. The van der Waals surface area contributed by atoms with E-state index >= 15 is 0 Å². The van der Waals surface area contributed by atoms with Crippen LogP contribution in [0.5, 0.6) is 0 Å². The van der Waals surface area contributed by atoms with E-state index in [4.69, 9.17) is 0 Å². The van der Waals surface area contributed by atoms with Crippen molar-refractivity contribution in [3.05, 3.63) is 77.7 Å². The summed E-state index contributed by atoms with van der Waals surface area (Å²) in [6.45, 7) is 1.96. The molecule has 3 N–H and O–H groups in total. The van der Waals surface area contributed by atoms with Crippen molar-refractivity contribution < 1.29 is 17.6 Å². The van der Waals surface area contributed by atoms with E-state index in [-0.39, 0.29) is 17.5 Å². The Bertz CT molecular complexity index is 1380. The minimum absolute atomic E-state index is 0.00474. The topological polar surface area (TPSA) is 117 Å². The number of anilines is 1. The standard InChI is InChI=1S/C23H22FN5O3S/c1-2-33(31,32)29-18-9-3-15(4-10-18)11-13-26-23(30)19-12-14-25-22-20(19)27-21(28-22)16-5-7-17(24)8-6-16/h3-10,12,14,29H,2,11,13H2,1H3,(H,26,30)(H,25,27,28). The van der Waals surface area contributed by atoms with Crippen molar-refractivity contribution in [3.8, 4) is 11.4 Å². The van der Waals surface area contributed by atoms with Crippen LogP contribution in [0.3, 0.4) is 0 Å². The van der Waals surface area contributed by atoms with Gasteiger partial charge in [-0.05, 0) is 61.4 Å². The average Bonchev–Trinajstić information content (AvgIpc) is 3.25. The van der Waals surface area contributed by atoms with Crippen molar-refractivity contribution >= 4 is 32.8 Å². The Kier molecular flexibility index (Phi) is 6.36. The highest BCUT2D eigenvalue weighted by Gasteiger charge is 2.15. The SMILES string of the molecule is CCS(=O)(=O)Nc1ccc(CCNC(=O)c2ccnc3nc(-c4ccc(F)cc4)[nH]c23)cc1. The number of hydrogen-bond acceptors (Lipinski definition) is 5. The van der Waals surface area contributed by atoms with Crippen molar-refractivity contribution in [2.75, 3.05) is 17.0 Å². The summed E-state index contributed by atoms with van der Waals surface area (Å²) in [6.07, 6.45) is 2.09. The molecule has 0 fully saturated rings. The summed E-state index contributed by atoms with van der Waals surface area (Å²) in [5.74, 6) is -0.115. The Balaban J connectivity index is 1.41. The molecule has 0 aliphatic heterocycles. The third kappa shape index (κ3) is 5.35. The quantitative estimate of drug-likeness (QED) is 0.367. The summed E-state index contributed by atoms with van der Waals surface area (Å²) in [6, 6.07) is 14.5. The molecule has 4 aromatic rings. The molecular weight excluding hydrogens is 445 g/mol. The molecule has 0 saturated carbocycles. The van der Waals surface area contributed by atoms with E-state index in [0.717, 1.165) is 5.56 Å². The number of benzene rings is 2. The van der Waals surface area contributed by atoms with Crippen molar-refractivity contribution in [2.24, 2.45) is 0 Å². The van der Waals surface area contributed by atoms with E-state index in [1.807, 2.05) is 12.1 Å². The van der Waals surface area contributed by atoms with Crippen molar-refractivity contribution in [3.63, 3.8) is 0 Å². The highest BCUT2D eigenvalue weighted by Crippen LogP contribution is 2.22. The Morgan fingerprint density at radius 2 is 1.79 bits per heavy atom. The number of carbonyl (C=O) groups is 1. The molecule has 10 heteroatoms. The van der Waals surface area contributed by atoms with Gasteiger partial charge in [-0.1, -0.05) is 12.1 Å². The van der Waals surface area contributed by atoms with Crippen LogP contribution in [0.15, 0.2) is 60.8 Å². The second kappa shape index (κ2) is 9.37. The molecule has 2 aromatic heterocycles. The zero-order valence-electron chi connectivity index (χ0n) is 17.8. The molecule has 0 unspecified atom stereocenters. The summed E-state index contributed by atoms with van der Waals surface area (Å²) in [5.41, 5.74) is 3.44. The molecule has 2 heterocycles. The van der Waals surface area contributed by atoms with E-state index < -0.39 is 10.0 Å². The lowest BCUT2D eigenvalue weighted by atomic mass is 10.1. The Hall–Kier alpha value is -3.79. The number of halogens is 1. The number of sulfonamides is 1. The maximum atomic E-state index is 13.2. The van der Waals surface area contributed by atoms with Crippen LogP contribution in [0.25, 0.3) is 22.6 Å². The third-order valence-electron chi connectivity index (χ3n) is 5.06. The van der Waals surface area contributed by atoms with Crippen LogP contribution in [0.1, 0.15) is 22.8 Å². The first-order chi connectivity index (χ1) is 15.8. The number of fused-ring (bicyclic) bond motifs is 1. The molecular formula is C23H22FN5O3S. The summed E-state index contributed by atoms with van der Waals surface area (Å²) in [7, 11) is -3.32. The number of amides is 1. The summed E-state index contributed by atoms with van der Waals surface area (Å²) in [5, 5.41) is 2.88. The molecule has 4 rings (SSSR count). The number of carbonyl (C=O) groups excluding carboxylic acids is 1. The summed E-state index contributed by atoms with van der Waals surface area (Å²) >= 11 is 0. The third-order valence-corrected chi connectivity index (χ3v) is 6.37. The number of rotatable bonds is 8. The second-order valence-corrected chi connectivity index (χ2v) is 9.37. The van der Waals surface area contributed by atoms with Crippen LogP contribution in [0.4, 0.5) is 10.1 Å². The number of nitrogens with zero attached hydrogens (tertiary/aromatic N) is 2. The van der Waals surface area contributed by atoms with Crippen molar-refractivity contribution in [1.29, 1.82) is 0 Å². The molecule has 2 aromatic carbocycles. The lowest BCUT2D eigenvalue weighted by Crippen LogP contribution is -2.26. The fourth-order valence-corrected chi connectivity index (χ4v) is 3.89. The van der Waals surface area contributed by atoms with Gasteiger partial charge in [0.15, 0.2) is 5.65 Å². The van der Waals surface area contributed by atoms with Gasteiger partial charge in [-0.15, -0.1) is 0 Å². The highest BCUT2D eigenvalue weighted by atomic mass is 32.2. The smallest absolute Gasteiger partial charge is 0.253 e. The summed E-state index contributed by atoms with van der Waals surface area (Å²) < 4.78 is 39.0. The van der Waals surface area contributed by atoms with Gasteiger partial charge in [0.25, 0.3) is 5.91 Å². The van der Waals surface area contributed by atoms with Gasteiger partial charge < -0.3 is 10.3 Å². The van der Waals surface area contributed by atoms with Crippen LogP contribution < -0.4 is 10.0 Å². The van der Waals surface area contributed by atoms with Crippen LogP contribution in [0.2, 0.25) is 0 Å². The molecule has 0 radical (unpaired) electrons. The lowest BCUT2D eigenvalue weighted by molar-refractivity contribution is 0.0955. The van der Waals surface area contributed by atoms with Crippen LogP contribution in [-0.2, 0) is 16.4 Å². The minimum atomic E-state index is -3.32. The maximum Gasteiger partial charge on any atom is 0.253 e. The fourth-order valence-electron chi connectivity index (χ4n) is 3.25. The first-order valence-electron chi connectivity index (χ1n) is 10.3. The Morgan fingerprint density at radius 1 is 1.06 bits per heavy atom. The van der Waals surface area contributed by atoms with Gasteiger partial charge >= 0.3 is 0 Å². The number of nitrogens with one attached hydrogen (secondary N) is 3. The summed E-state index contributed by atoms with van der Waals surface area (Å²) in [4.78, 5) is 24.5. The fraction of sp³-hybridized carbons (Fsp3) is 0.174.